The molecule has 0 spiro atoms. The maximum absolute atomic E-state index is 12.6. The lowest BCUT2D eigenvalue weighted by atomic mass is 10.1. The maximum atomic E-state index is 12.6. The van der Waals surface area contributed by atoms with Crippen molar-refractivity contribution in [1.29, 1.82) is 0 Å². The molecule has 5 nitrogen and oxygen atoms in total. The second-order valence-corrected chi connectivity index (χ2v) is 7.59. The third-order valence-corrected chi connectivity index (χ3v) is 5.43. The number of anilines is 1. The highest BCUT2D eigenvalue weighted by Gasteiger charge is 2.20. The third-order valence-electron chi connectivity index (χ3n) is 4.50. The summed E-state index contributed by atoms with van der Waals surface area (Å²) in [4.78, 5) is 30.7. The van der Waals surface area contributed by atoms with Crippen LogP contribution in [0.3, 0.4) is 0 Å². The zero-order valence-corrected chi connectivity index (χ0v) is 15.3. The van der Waals surface area contributed by atoms with Gasteiger partial charge in [0, 0.05) is 25.1 Å². The molecule has 2 aromatic carbocycles. The van der Waals surface area contributed by atoms with Crippen LogP contribution in [0.25, 0.3) is 10.2 Å². The van der Waals surface area contributed by atoms with Crippen molar-refractivity contribution >= 4 is 38.5 Å². The van der Waals surface area contributed by atoms with Crippen LogP contribution in [0.5, 0.6) is 0 Å². The number of nitrogens with zero attached hydrogens (tertiary/aromatic N) is 2. The molecule has 6 heteroatoms. The zero-order valence-electron chi connectivity index (χ0n) is 14.5. The first-order chi connectivity index (χ1) is 12.6. The van der Waals surface area contributed by atoms with Crippen LogP contribution < -0.4 is 5.32 Å². The van der Waals surface area contributed by atoms with Gasteiger partial charge in [0.15, 0.2) is 5.13 Å². The lowest BCUT2D eigenvalue weighted by Crippen LogP contribution is -2.24. The van der Waals surface area contributed by atoms with E-state index in [9.17, 15) is 9.59 Å². The van der Waals surface area contributed by atoms with Gasteiger partial charge in [0.05, 0.1) is 10.2 Å². The number of amides is 2. The molecule has 4 rings (SSSR count). The van der Waals surface area contributed by atoms with Gasteiger partial charge in [0.2, 0.25) is 5.91 Å². The molecule has 26 heavy (non-hydrogen) atoms. The zero-order chi connectivity index (χ0) is 18.1. The van der Waals surface area contributed by atoms with E-state index in [1.165, 1.54) is 16.9 Å². The summed E-state index contributed by atoms with van der Waals surface area (Å²) in [6.45, 7) is 3.38. The van der Waals surface area contributed by atoms with Gasteiger partial charge >= 0.3 is 0 Å². The monoisotopic (exact) mass is 365 g/mol. The Morgan fingerprint density at radius 1 is 1.27 bits per heavy atom. The average molecular weight is 365 g/mol. The molecule has 0 atom stereocenters. The molecule has 1 aliphatic heterocycles. The lowest BCUT2D eigenvalue weighted by Gasteiger charge is -2.15. The number of carbonyl (C=O) groups excluding carboxylic acids is 2. The molecule has 0 saturated carbocycles. The van der Waals surface area contributed by atoms with Crippen molar-refractivity contribution in [3.05, 3.63) is 59.2 Å². The van der Waals surface area contributed by atoms with E-state index in [1.807, 2.05) is 42.2 Å². The third kappa shape index (κ3) is 3.46. The molecule has 0 radical (unpaired) electrons. The average Bonchev–Trinajstić information content (AvgIpc) is 3.20. The Morgan fingerprint density at radius 3 is 2.96 bits per heavy atom. The first kappa shape index (κ1) is 16.7. The molecule has 1 aromatic heterocycles. The summed E-state index contributed by atoms with van der Waals surface area (Å²) in [5.41, 5.74) is 3.60. The topological polar surface area (TPSA) is 62.3 Å². The van der Waals surface area contributed by atoms with Crippen molar-refractivity contribution in [3.8, 4) is 0 Å². The van der Waals surface area contributed by atoms with E-state index in [1.54, 1.807) is 6.07 Å². The van der Waals surface area contributed by atoms with Crippen molar-refractivity contribution in [2.24, 2.45) is 0 Å². The molecule has 0 aliphatic carbocycles. The number of hydrogen-bond donors (Lipinski definition) is 1. The minimum absolute atomic E-state index is 0.185. The molecule has 3 aromatic rings. The highest BCUT2D eigenvalue weighted by Crippen LogP contribution is 2.27. The van der Waals surface area contributed by atoms with Gasteiger partial charge in [0.1, 0.15) is 0 Å². The number of aromatic nitrogens is 1. The van der Waals surface area contributed by atoms with Crippen LogP contribution in [0.1, 0.15) is 34.3 Å². The summed E-state index contributed by atoms with van der Waals surface area (Å²) >= 11 is 1.47. The quantitative estimate of drug-likeness (QED) is 0.761. The van der Waals surface area contributed by atoms with E-state index < -0.39 is 0 Å². The Bertz CT molecular complexity index is 996. The predicted molar refractivity (Wildman–Crippen MR) is 103 cm³/mol. The largest absolute Gasteiger partial charge is 0.338 e. The first-order valence-electron chi connectivity index (χ1n) is 8.64. The molecular formula is C20H19N3O2S. The Kier molecular flexibility index (Phi) is 4.42. The summed E-state index contributed by atoms with van der Waals surface area (Å²) in [6, 6.07) is 13.5. The Morgan fingerprint density at radius 2 is 2.15 bits per heavy atom. The smallest absolute Gasteiger partial charge is 0.257 e. The van der Waals surface area contributed by atoms with E-state index in [0.29, 0.717) is 23.7 Å². The fraction of sp³-hybridized carbons (Fsp3) is 0.250. The van der Waals surface area contributed by atoms with Crippen molar-refractivity contribution in [2.75, 3.05) is 11.9 Å². The summed E-state index contributed by atoms with van der Waals surface area (Å²) < 4.78 is 1.06. The fourth-order valence-corrected chi connectivity index (χ4v) is 4.12. The van der Waals surface area contributed by atoms with E-state index >= 15 is 0 Å². The number of thiazole rings is 1. The number of benzene rings is 2. The summed E-state index contributed by atoms with van der Waals surface area (Å²) in [6.07, 6.45) is 1.54. The predicted octanol–water partition coefficient (Wildman–Crippen LogP) is 3.98. The van der Waals surface area contributed by atoms with Gasteiger partial charge in [-0.05, 0) is 48.7 Å². The van der Waals surface area contributed by atoms with Gasteiger partial charge in [-0.2, -0.15) is 0 Å². The number of fused-ring (bicyclic) bond motifs is 1. The van der Waals surface area contributed by atoms with Crippen molar-refractivity contribution in [1.82, 2.24) is 9.88 Å². The molecule has 2 heterocycles. The van der Waals surface area contributed by atoms with Gasteiger partial charge in [0.25, 0.3) is 5.91 Å². The summed E-state index contributed by atoms with van der Waals surface area (Å²) in [5, 5.41) is 3.48. The second-order valence-electron chi connectivity index (χ2n) is 6.56. The molecule has 132 valence electrons. The fourth-order valence-electron chi connectivity index (χ4n) is 3.16. The Labute approximate surface area is 155 Å². The molecule has 1 saturated heterocycles. The molecular weight excluding hydrogens is 346 g/mol. The number of rotatable bonds is 4. The van der Waals surface area contributed by atoms with Crippen LogP contribution in [0, 0.1) is 6.92 Å². The van der Waals surface area contributed by atoms with Crippen LogP contribution in [0.15, 0.2) is 42.5 Å². The normalized spacial score (nSPS) is 14.2. The Balaban J connectivity index is 1.50. The highest BCUT2D eigenvalue weighted by atomic mass is 32.1. The molecule has 1 N–H and O–H groups in total. The number of carbonyl (C=O) groups is 2. The molecule has 2 amide bonds. The molecule has 1 fully saturated rings. The molecule has 0 bridgehead atoms. The SMILES string of the molecule is Cc1ccc2nc(NC(=O)c3cccc(CN4CCCC4=O)c3)sc2c1. The minimum Gasteiger partial charge on any atom is -0.338 e. The number of likely N-dealkylation sites (tertiary alicyclic amines) is 1. The lowest BCUT2D eigenvalue weighted by molar-refractivity contribution is -0.128. The van der Waals surface area contributed by atoms with Gasteiger partial charge in [-0.1, -0.05) is 29.5 Å². The van der Waals surface area contributed by atoms with Gasteiger partial charge in [-0.25, -0.2) is 4.98 Å². The van der Waals surface area contributed by atoms with Gasteiger partial charge in [-0.3, -0.25) is 14.9 Å². The van der Waals surface area contributed by atoms with Crippen LogP contribution in [-0.4, -0.2) is 28.2 Å². The van der Waals surface area contributed by atoms with Crippen molar-refractivity contribution in [2.45, 2.75) is 26.3 Å². The van der Waals surface area contributed by atoms with Crippen LogP contribution in [0.4, 0.5) is 5.13 Å². The standard InChI is InChI=1S/C20H19N3O2S/c1-13-7-8-16-17(10-13)26-20(21-16)22-19(25)15-5-2-4-14(11-15)12-23-9-3-6-18(23)24/h2,4-5,7-8,10-11H,3,6,9,12H2,1H3,(H,21,22,25). The number of aryl methyl sites for hydroxylation is 1. The number of hydrogen-bond acceptors (Lipinski definition) is 4. The molecule has 1 aliphatic rings. The first-order valence-corrected chi connectivity index (χ1v) is 9.45. The Hall–Kier alpha value is -2.73. The number of nitrogens with one attached hydrogen (secondary N) is 1. The summed E-state index contributed by atoms with van der Waals surface area (Å²) in [7, 11) is 0. The van der Waals surface area contributed by atoms with E-state index in [0.717, 1.165) is 28.7 Å². The molecule has 0 unspecified atom stereocenters. The van der Waals surface area contributed by atoms with Crippen molar-refractivity contribution < 1.29 is 9.59 Å². The van der Waals surface area contributed by atoms with Crippen LogP contribution in [-0.2, 0) is 11.3 Å². The summed E-state index contributed by atoms with van der Waals surface area (Å²) in [5.74, 6) is 0.000000166. The second kappa shape index (κ2) is 6.88. The highest BCUT2D eigenvalue weighted by molar-refractivity contribution is 7.22. The van der Waals surface area contributed by atoms with Crippen LogP contribution in [0.2, 0.25) is 0 Å². The van der Waals surface area contributed by atoms with Crippen molar-refractivity contribution in [3.63, 3.8) is 0 Å². The van der Waals surface area contributed by atoms with E-state index in [4.69, 9.17) is 0 Å². The van der Waals surface area contributed by atoms with E-state index in [2.05, 4.69) is 16.4 Å². The van der Waals surface area contributed by atoms with Gasteiger partial charge < -0.3 is 4.90 Å². The minimum atomic E-state index is -0.185. The maximum Gasteiger partial charge on any atom is 0.257 e. The van der Waals surface area contributed by atoms with Crippen LogP contribution >= 0.6 is 11.3 Å². The van der Waals surface area contributed by atoms with Gasteiger partial charge in [-0.15, -0.1) is 0 Å². The van der Waals surface area contributed by atoms with E-state index in [-0.39, 0.29) is 11.8 Å².